The van der Waals surface area contributed by atoms with Crippen molar-refractivity contribution >= 4 is 11.6 Å². The van der Waals surface area contributed by atoms with Gasteiger partial charge in [0.25, 0.3) is 0 Å². The molecule has 1 amide bonds. The predicted octanol–water partition coefficient (Wildman–Crippen LogP) is 1.52. The zero-order valence-corrected chi connectivity index (χ0v) is 11.3. The average molecular weight is 260 g/mol. The van der Waals surface area contributed by atoms with Gasteiger partial charge in [0.1, 0.15) is 6.04 Å². The number of anilines is 1. The molecule has 0 radical (unpaired) electrons. The third-order valence-electron chi connectivity index (χ3n) is 4.07. The van der Waals surface area contributed by atoms with Crippen molar-refractivity contribution in [2.24, 2.45) is 5.92 Å². The van der Waals surface area contributed by atoms with Crippen LogP contribution in [0.1, 0.15) is 12.0 Å². The van der Waals surface area contributed by atoms with E-state index in [1.54, 1.807) is 7.11 Å². The quantitative estimate of drug-likeness (QED) is 0.896. The minimum Gasteiger partial charge on any atom is -0.384 e. The number of ether oxygens (including phenoxy) is 1. The van der Waals surface area contributed by atoms with E-state index in [9.17, 15) is 4.79 Å². The van der Waals surface area contributed by atoms with E-state index in [-0.39, 0.29) is 11.9 Å². The van der Waals surface area contributed by atoms with Crippen LogP contribution >= 0.6 is 0 Å². The smallest absolute Gasteiger partial charge is 0.245 e. The van der Waals surface area contributed by atoms with Gasteiger partial charge in [-0.25, -0.2) is 0 Å². The van der Waals surface area contributed by atoms with Crippen molar-refractivity contribution in [2.45, 2.75) is 18.9 Å². The molecule has 0 spiro atoms. The van der Waals surface area contributed by atoms with E-state index in [2.05, 4.69) is 11.4 Å². The van der Waals surface area contributed by atoms with Crippen molar-refractivity contribution < 1.29 is 9.53 Å². The summed E-state index contributed by atoms with van der Waals surface area (Å²) in [6.07, 6.45) is 1.86. The summed E-state index contributed by atoms with van der Waals surface area (Å²) in [4.78, 5) is 14.5. The molecule has 4 nitrogen and oxygen atoms in total. The SMILES string of the molecule is COCC1CCN(C(=O)C2Cc3ccccc3N2)C1. The Morgan fingerprint density at radius 1 is 1.47 bits per heavy atom. The molecular formula is C15H20N2O2. The molecule has 0 bridgehead atoms. The maximum absolute atomic E-state index is 12.5. The Labute approximate surface area is 113 Å². The predicted molar refractivity (Wildman–Crippen MR) is 74.1 cm³/mol. The molecule has 2 aliphatic heterocycles. The lowest BCUT2D eigenvalue weighted by Gasteiger charge is -2.21. The van der Waals surface area contributed by atoms with Crippen molar-refractivity contribution in [2.75, 3.05) is 32.1 Å². The number of carbonyl (C=O) groups is 1. The molecular weight excluding hydrogens is 240 g/mol. The Bertz CT molecular complexity index is 450. The summed E-state index contributed by atoms with van der Waals surface area (Å²) in [7, 11) is 1.72. The molecule has 2 atom stereocenters. The van der Waals surface area contributed by atoms with E-state index in [0.717, 1.165) is 38.2 Å². The van der Waals surface area contributed by atoms with Crippen LogP contribution in [0.25, 0.3) is 0 Å². The number of carbonyl (C=O) groups excluding carboxylic acids is 1. The first kappa shape index (κ1) is 12.5. The van der Waals surface area contributed by atoms with Crippen LogP contribution in [0.3, 0.4) is 0 Å². The Morgan fingerprint density at radius 3 is 3.11 bits per heavy atom. The normalized spacial score (nSPS) is 25.2. The molecule has 1 fully saturated rings. The van der Waals surface area contributed by atoms with Gasteiger partial charge < -0.3 is 15.0 Å². The zero-order chi connectivity index (χ0) is 13.2. The van der Waals surface area contributed by atoms with Crippen LogP contribution in [0, 0.1) is 5.92 Å². The maximum atomic E-state index is 12.5. The number of benzene rings is 1. The highest BCUT2D eigenvalue weighted by molar-refractivity contribution is 5.87. The third kappa shape index (κ3) is 2.45. The Kier molecular flexibility index (Phi) is 3.42. The number of hydrogen-bond acceptors (Lipinski definition) is 3. The third-order valence-corrected chi connectivity index (χ3v) is 4.07. The van der Waals surface area contributed by atoms with E-state index in [1.807, 2.05) is 23.1 Å². The minimum absolute atomic E-state index is 0.0845. The number of fused-ring (bicyclic) bond motifs is 1. The van der Waals surface area contributed by atoms with Crippen LogP contribution < -0.4 is 5.32 Å². The molecule has 0 aliphatic carbocycles. The van der Waals surface area contributed by atoms with E-state index in [4.69, 9.17) is 4.74 Å². The molecule has 1 saturated heterocycles. The van der Waals surface area contributed by atoms with Crippen LogP contribution in [0.2, 0.25) is 0 Å². The second-order valence-corrected chi connectivity index (χ2v) is 5.45. The van der Waals surface area contributed by atoms with E-state index >= 15 is 0 Å². The number of amides is 1. The lowest BCUT2D eigenvalue weighted by atomic mass is 10.1. The highest BCUT2D eigenvalue weighted by Crippen LogP contribution is 2.27. The molecule has 2 aliphatic rings. The minimum atomic E-state index is -0.0845. The van der Waals surface area contributed by atoms with E-state index < -0.39 is 0 Å². The number of likely N-dealkylation sites (tertiary alicyclic amines) is 1. The summed E-state index contributed by atoms with van der Waals surface area (Å²) in [6, 6.07) is 8.08. The zero-order valence-electron chi connectivity index (χ0n) is 11.3. The van der Waals surface area contributed by atoms with Crippen LogP contribution in [0.4, 0.5) is 5.69 Å². The standard InChI is InChI=1S/C15H20N2O2/c1-19-10-11-6-7-17(9-11)15(18)14-8-12-4-2-3-5-13(12)16-14/h2-5,11,14,16H,6-10H2,1H3. The number of rotatable bonds is 3. The molecule has 0 aromatic heterocycles. The Balaban J connectivity index is 1.61. The van der Waals surface area contributed by atoms with Crippen molar-refractivity contribution in [1.29, 1.82) is 0 Å². The summed E-state index contributed by atoms with van der Waals surface area (Å²) in [5.41, 5.74) is 2.35. The monoisotopic (exact) mass is 260 g/mol. The van der Waals surface area contributed by atoms with E-state index in [1.165, 1.54) is 5.56 Å². The van der Waals surface area contributed by atoms with Gasteiger partial charge in [-0.2, -0.15) is 0 Å². The molecule has 0 saturated carbocycles. The van der Waals surface area contributed by atoms with Crippen molar-refractivity contribution in [3.8, 4) is 0 Å². The van der Waals surface area contributed by atoms with Gasteiger partial charge in [0, 0.05) is 38.2 Å². The number of para-hydroxylation sites is 1. The largest absolute Gasteiger partial charge is 0.384 e. The van der Waals surface area contributed by atoms with Crippen LogP contribution in [-0.2, 0) is 16.0 Å². The first-order valence-corrected chi connectivity index (χ1v) is 6.90. The van der Waals surface area contributed by atoms with Gasteiger partial charge in [0.15, 0.2) is 0 Å². The molecule has 2 unspecified atom stereocenters. The molecule has 1 aromatic carbocycles. The first-order chi connectivity index (χ1) is 9.28. The molecule has 1 aromatic rings. The highest BCUT2D eigenvalue weighted by atomic mass is 16.5. The van der Waals surface area contributed by atoms with Gasteiger partial charge >= 0.3 is 0 Å². The summed E-state index contributed by atoms with van der Waals surface area (Å²) >= 11 is 0. The van der Waals surface area contributed by atoms with Gasteiger partial charge in [-0.05, 0) is 18.1 Å². The maximum Gasteiger partial charge on any atom is 0.245 e. The van der Waals surface area contributed by atoms with Crippen molar-refractivity contribution in [3.05, 3.63) is 29.8 Å². The summed E-state index contributed by atoms with van der Waals surface area (Å²) in [5.74, 6) is 0.729. The number of hydrogen-bond donors (Lipinski definition) is 1. The molecule has 4 heteroatoms. The lowest BCUT2D eigenvalue weighted by Crippen LogP contribution is -2.41. The Hall–Kier alpha value is -1.55. The fourth-order valence-corrected chi connectivity index (χ4v) is 3.07. The number of nitrogens with zero attached hydrogens (tertiary/aromatic N) is 1. The van der Waals surface area contributed by atoms with E-state index in [0.29, 0.717) is 5.92 Å². The summed E-state index contributed by atoms with van der Waals surface area (Å²) < 4.78 is 5.18. The summed E-state index contributed by atoms with van der Waals surface area (Å²) in [6.45, 7) is 2.45. The summed E-state index contributed by atoms with van der Waals surface area (Å²) in [5, 5.41) is 3.34. The van der Waals surface area contributed by atoms with Gasteiger partial charge in [0.05, 0.1) is 6.61 Å². The Morgan fingerprint density at radius 2 is 2.32 bits per heavy atom. The second-order valence-electron chi connectivity index (χ2n) is 5.45. The van der Waals surface area contributed by atoms with Crippen LogP contribution in [0.15, 0.2) is 24.3 Å². The van der Waals surface area contributed by atoms with Gasteiger partial charge in [0.2, 0.25) is 5.91 Å². The van der Waals surface area contributed by atoms with Gasteiger partial charge in [-0.1, -0.05) is 18.2 Å². The fourth-order valence-electron chi connectivity index (χ4n) is 3.07. The highest BCUT2D eigenvalue weighted by Gasteiger charge is 2.33. The molecule has 19 heavy (non-hydrogen) atoms. The van der Waals surface area contributed by atoms with Crippen LogP contribution in [0.5, 0.6) is 0 Å². The number of nitrogens with one attached hydrogen (secondary N) is 1. The van der Waals surface area contributed by atoms with Crippen molar-refractivity contribution in [1.82, 2.24) is 4.90 Å². The first-order valence-electron chi connectivity index (χ1n) is 6.90. The number of methoxy groups -OCH3 is 1. The van der Waals surface area contributed by atoms with Crippen molar-refractivity contribution in [3.63, 3.8) is 0 Å². The van der Waals surface area contributed by atoms with Crippen LogP contribution in [-0.4, -0.2) is 43.7 Å². The van der Waals surface area contributed by atoms with Gasteiger partial charge in [-0.15, -0.1) is 0 Å². The fraction of sp³-hybridized carbons (Fsp3) is 0.533. The topological polar surface area (TPSA) is 41.6 Å². The second kappa shape index (κ2) is 5.21. The van der Waals surface area contributed by atoms with Gasteiger partial charge in [-0.3, -0.25) is 4.79 Å². The average Bonchev–Trinajstić information content (AvgIpc) is 3.04. The lowest BCUT2D eigenvalue weighted by molar-refractivity contribution is -0.131. The molecule has 3 rings (SSSR count). The molecule has 102 valence electrons. The molecule has 2 heterocycles. The molecule has 1 N–H and O–H groups in total.